The van der Waals surface area contributed by atoms with Crippen molar-refractivity contribution in [2.24, 2.45) is 0 Å². The van der Waals surface area contributed by atoms with E-state index in [4.69, 9.17) is 10.7 Å². The molecule has 1 heterocycles. The predicted octanol–water partition coefficient (Wildman–Crippen LogP) is 0.447. The van der Waals surface area contributed by atoms with Crippen LogP contribution in [0.1, 0.15) is 11.7 Å². The first-order chi connectivity index (χ1) is 4.97. The van der Waals surface area contributed by atoms with E-state index in [0.29, 0.717) is 5.82 Å². The molecule has 11 heavy (non-hydrogen) atoms. The largest absolute Gasteiger partial charge is 0.338 e. The number of halogens is 1. The van der Waals surface area contributed by atoms with Crippen LogP contribution in [-0.2, 0) is 14.8 Å². The molecule has 0 aliphatic rings. The number of rotatable bonds is 2. The molecule has 1 rings (SSSR count). The first-order valence-electron chi connectivity index (χ1n) is 2.69. The van der Waals surface area contributed by atoms with Crippen molar-refractivity contribution in [3.05, 3.63) is 11.7 Å². The summed E-state index contributed by atoms with van der Waals surface area (Å²) < 4.78 is 25.4. The average molecular weight is 197 g/mol. The highest BCUT2D eigenvalue weighted by Gasteiger charge is 2.12. The fourth-order valence-electron chi connectivity index (χ4n) is 0.546. The summed E-state index contributed by atoms with van der Waals surface area (Å²) in [5.41, 5.74) is 0. The standard InChI is InChI=1S/C4H5ClN2O3S/c1-3-6-4(10-7-3)2-11(5,8)9/h2H2,1H3. The molecule has 0 fully saturated rings. The van der Waals surface area contributed by atoms with Crippen LogP contribution in [0.4, 0.5) is 0 Å². The van der Waals surface area contributed by atoms with E-state index in [2.05, 4.69) is 14.7 Å². The molecule has 0 spiro atoms. The highest BCUT2D eigenvalue weighted by molar-refractivity contribution is 8.13. The molecule has 1 aromatic heterocycles. The van der Waals surface area contributed by atoms with Crippen LogP contribution >= 0.6 is 10.7 Å². The van der Waals surface area contributed by atoms with Crippen molar-refractivity contribution in [3.8, 4) is 0 Å². The Kier molecular flexibility index (Phi) is 2.15. The van der Waals surface area contributed by atoms with Gasteiger partial charge in [0.05, 0.1) is 0 Å². The SMILES string of the molecule is Cc1noc(CS(=O)(=O)Cl)n1. The first-order valence-corrected chi connectivity index (χ1v) is 5.17. The quantitative estimate of drug-likeness (QED) is 0.642. The number of hydrogen-bond donors (Lipinski definition) is 0. The molecule has 0 aliphatic heterocycles. The van der Waals surface area contributed by atoms with E-state index in [9.17, 15) is 8.42 Å². The molecule has 0 bridgehead atoms. The Bertz CT molecular complexity index is 344. The van der Waals surface area contributed by atoms with Crippen LogP contribution in [-0.4, -0.2) is 18.6 Å². The van der Waals surface area contributed by atoms with Gasteiger partial charge < -0.3 is 4.52 Å². The third-order valence-corrected chi connectivity index (χ3v) is 1.78. The Labute approximate surface area is 67.8 Å². The maximum absolute atomic E-state index is 10.4. The molecule has 7 heteroatoms. The number of aryl methyl sites for hydroxylation is 1. The molecule has 0 N–H and O–H groups in total. The van der Waals surface area contributed by atoms with Crippen LogP contribution in [0, 0.1) is 6.92 Å². The molecule has 0 aliphatic carbocycles. The van der Waals surface area contributed by atoms with Crippen LogP contribution in [0.15, 0.2) is 4.52 Å². The van der Waals surface area contributed by atoms with Gasteiger partial charge in [0.25, 0.3) is 0 Å². The molecule has 62 valence electrons. The van der Waals surface area contributed by atoms with Crippen LogP contribution in [0.3, 0.4) is 0 Å². The summed E-state index contributed by atoms with van der Waals surface area (Å²) in [6, 6.07) is 0. The smallest absolute Gasteiger partial charge is 0.243 e. The Balaban J connectivity index is 2.81. The highest BCUT2D eigenvalue weighted by atomic mass is 35.7. The molecule has 0 amide bonds. The van der Waals surface area contributed by atoms with Gasteiger partial charge in [0, 0.05) is 10.7 Å². The topological polar surface area (TPSA) is 73.1 Å². The number of nitrogens with zero attached hydrogens (tertiary/aromatic N) is 2. The zero-order chi connectivity index (χ0) is 8.48. The van der Waals surface area contributed by atoms with Gasteiger partial charge in [-0.15, -0.1) is 0 Å². The lowest BCUT2D eigenvalue weighted by atomic mass is 10.7. The zero-order valence-electron chi connectivity index (χ0n) is 5.61. The van der Waals surface area contributed by atoms with Crippen LogP contribution < -0.4 is 0 Å². The monoisotopic (exact) mass is 196 g/mol. The second kappa shape index (κ2) is 2.78. The Morgan fingerprint density at radius 2 is 2.27 bits per heavy atom. The molecule has 0 saturated carbocycles. The van der Waals surface area contributed by atoms with Crippen molar-refractivity contribution in [1.82, 2.24) is 10.1 Å². The Hall–Kier alpha value is -0.620. The fourth-order valence-corrected chi connectivity index (χ4v) is 1.24. The summed E-state index contributed by atoms with van der Waals surface area (Å²) in [5.74, 6) is -0.0205. The van der Waals surface area contributed by atoms with Crippen LogP contribution in [0.2, 0.25) is 0 Å². The normalized spacial score (nSPS) is 11.8. The van der Waals surface area contributed by atoms with Gasteiger partial charge in [-0.2, -0.15) is 4.98 Å². The summed E-state index contributed by atoms with van der Waals surface area (Å²) in [5, 5.41) is 3.39. The third-order valence-electron chi connectivity index (χ3n) is 0.866. The molecular formula is C4H5ClN2O3S. The van der Waals surface area contributed by atoms with Crippen molar-refractivity contribution in [3.63, 3.8) is 0 Å². The predicted molar refractivity (Wildman–Crippen MR) is 37.5 cm³/mol. The summed E-state index contributed by atoms with van der Waals surface area (Å²) in [4.78, 5) is 3.65. The van der Waals surface area contributed by atoms with E-state index in [1.54, 1.807) is 6.92 Å². The minimum Gasteiger partial charge on any atom is -0.338 e. The van der Waals surface area contributed by atoms with Crippen LogP contribution in [0.5, 0.6) is 0 Å². The maximum atomic E-state index is 10.4. The van der Waals surface area contributed by atoms with E-state index in [0.717, 1.165) is 0 Å². The van der Waals surface area contributed by atoms with E-state index >= 15 is 0 Å². The van der Waals surface area contributed by atoms with Crippen molar-refractivity contribution in [1.29, 1.82) is 0 Å². The molecule has 1 aromatic rings. The third kappa shape index (κ3) is 2.85. The van der Waals surface area contributed by atoms with Gasteiger partial charge >= 0.3 is 0 Å². The second-order valence-corrected chi connectivity index (χ2v) is 4.70. The second-order valence-electron chi connectivity index (χ2n) is 1.92. The summed E-state index contributed by atoms with van der Waals surface area (Å²) in [7, 11) is 1.33. The zero-order valence-corrected chi connectivity index (χ0v) is 7.18. The van der Waals surface area contributed by atoms with Crippen molar-refractivity contribution in [2.75, 3.05) is 0 Å². The van der Waals surface area contributed by atoms with E-state index in [1.807, 2.05) is 0 Å². The van der Waals surface area contributed by atoms with Crippen molar-refractivity contribution in [2.45, 2.75) is 12.7 Å². The molecule has 0 atom stereocenters. The lowest BCUT2D eigenvalue weighted by Gasteiger charge is -1.85. The minimum absolute atomic E-state index is 0.0116. The van der Waals surface area contributed by atoms with Gasteiger partial charge in [0.15, 0.2) is 5.82 Å². The average Bonchev–Trinajstić information content (AvgIpc) is 2.10. The van der Waals surface area contributed by atoms with Crippen molar-refractivity contribution < 1.29 is 12.9 Å². The van der Waals surface area contributed by atoms with Gasteiger partial charge in [-0.05, 0) is 6.92 Å². The van der Waals surface area contributed by atoms with E-state index in [-0.39, 0.29) is 5.89 Å². The lowest BCUT2D eigenvalue weighted by molar-refractivity contribution is 0.385. The summed E-state index contributed by atoms with van der Waals surface area (Å²) >= 11 is 0. The van der Waals surface area contributed by atoms with E-state index in [1.165, 1.54) is 0 Å². The van der Waals surface area contributed by atoms with Gasteiger partial charge in [0.1, 0.15) is 5.75 Å². The molecular weight excluding hydrogens is 192 g/mol. The minimum atomic E-state index is -3.59. The van der Waals surface area contributed by atoms with Gasteiger partial charge in [0.2, 0.25) is 14.9 Å². The molecule has 0 aromatic carbocycles. The number of hydrogen-bond acceptors (Lipinski definition) is 5. The highest BCUT2D eigenvalue weighted by Crippen LogP contribution is 2.06. The summed E-state index contributed by atoms with van der Waals surface area (Å²) in [6.45, 7) is 1.59. The first kappa shape index (κ1) is 8.48. The molecule has 0 saturated heterocycles. The van der Waals surface area contributed by atoms with Crippen molar-refractivity contribution >= 4 is 19.7 Å². The Morgan fingerprint density at radius 3 is 2.64 bits per heavy atom. The van der Waals surface area contributed by atoms with Gasteiger partial charge in [-0.25, -0.2) is 8.42 Å². The fraction of sp³-hybridized carbons (Fsp3) is 0.500. The molecule has 5 nitrogen and oxygen atoms in total. The van der Waals surface area contributed by atoms with Gasteiger partial charge in [-0.3, -0.25) is 0 Å². The van der Waals surface area contributed by atoms with Crippen LogP contribution in [0.25, 0.3) is 0 Å². The molecule has 0 unspecified atom stereocenters. The lowest BCUT2D eigenvalue weighted by Crippen LogP contribution is -1.94. The summed E-state index contributed by atoms with van der Waals surface area (Å²) in [6.07, 6.45) is 0. The maximum Gasteiger partial charge on any atom is 0.243 e. The van der Waals surface area contributed by atoms with Gasteiger partial charge in [-0.1, -0.05) is 5.16 Å². The number of aromatic nitrogens is 2. The molecule has 0 radical (unpaired) electrons. The van der Waals surface area contributed by atoms with E-state index < -0.39 is 14.8 Å². The Morgan fingerprint density at radius 1 is 1.64 bits per heavy atom.